The summed E-state index contributed by atoms with van der Waals surface area (Å²) in [5.41, 5.74) is 6.28. The molecule has 0 aliphatic heterocycles. The number of benzene rings is 1. The van der Waals surface area contributed by atoms with Crippen molar-refractivity contribution in [2.24, 2.45) is 5.73 Å². The van der Waals surface area contributed by atoms with Crippen LogP contribution in [0.15, 0.2) is 30.3 Å². The Hall–Kier alpha value is -2.37. The molecular formula is C18H27N3O3. The van der Waals surface area contributed by atoms with Gasteiger partial charge in [-0.2, -0.15) is 0 Å². The van der Waals surface area contributed by atoms with E-state index in [0.717, 1.165) is 18.4 Å². The fraction of sp³-hybridized carbons (Fsp3) is 0.500. The summed E-state index contributed by atoms with van der Waals surface area (Å²) < 4.78 is 0. The summed E-state index contributed by atoms with van der Waals surface area (Å²) in [6, 6.07) is 8.81. The molecule has 2 atom stereocenters. The molecule has 0 aliphatic carbocycles. The Morgan fingerprint density at radius 3 is 2.17 bits per heavy atom. The van der Waals surface area contributed by atoms with Crippen molar-refractivity contribution in [3.8, 4) is 0 Å². The Balaban J connectivity index is 2.37. The number of nitrogens with one attached hydrogen (secondary N) is 2. The lowest BCUT2D eigenvalue weighted by molar-refractivity contribution is -0.129. The van der Waals surface area contributed by atoms with Crippen LogP contribution in [-0.2, 0) is 14.4 Å². The second kappa shape index (κ2) is 10.4. The van der Waals surface area contributed by atoms with Crippen LogP contribution < -0.4 is 16.4 Å². The second-order valence-electron chi connectivity index (χ2n) is 5.86. The van der Waals surface area contributed by atoms with E-state index in [2.05, 4.69) is 10.6 Å². The molecule has 0 aromatic heterocycles. The van der Waals surface area contributed by atoms with Crippen LogP contribution >= 0.6 is 0 Å². The molecule has 1 rings (SSSR count). The lowest BCUT2D eigenvalue weighted by Gasteiger charge is -2.16. The van der Waals surface area contributed by atoms with E-state index in [4.69, 9.17) is 5.73 Å². The first-order chi connectivity index (χ1) is 11.4. The molecule has 0 heterocycles. The van der Waals surface area contributed by atoms with Crippen molar-refractivity contribution < 1.29 is 14.4 Å². The number of rotatable bonds is 10. The molecule has 0 bridgehead atoms. The zero-order valence-electron chi connectivity index (χ0n) is 14.4. The normalized spacial score (nSPS) is 12.9. The highest BCUT2D eigenvalue weighted by atomic mass is 16.2. The number of primary amides is 1. The number of hydrogen-bond acceptors (Lipinski definition) is 3. The van der Waals surface area contributed by atoms with Gasteiger partial charge >= 0.3 is 0 Å². The molecule has 3 amide bonds. The van der Waals surface area contributed by atoms with Crippen LogP contribution in [0, 0.1) is 0 Å². The van der Waals surface area contributed by atoms with Crippen molar-refractivity contribution in [3.63, 3.8) is 0 Å². The van der Waals surface area contributed by atoms with Crippen LogP contribution in [0.2, 0.25) is 0 Å². The van der Waals surface area contributed by atoms with Gasteiger partial charge in [0.2, 0.25) is 17.7 Å². The fourth-order valence-corrected chi connectivity index (χ4v) is 2.33. The molecule has 0 saturated heterocycles. The molecule has 1 aromatic rings. The van der Waals surface area contributed by atoms with Gasteiger partial charge in [0, 0.05) is 12.8 Å². The molecule has 6 heteroatoms. The smallest absolute Gasteiger partial charge is 0.239 e. The number of unbranched alkanes of at least 4 members (excludes halogenated alkanes) is 1. The van der Waals surface area contributed by atoms with E-state index in [1.165, 1.54) is 0 Å². The summed E-state index contributed by atoms with van der Waals surface area (Å²) in [6.07, 6.45) is 2.35. The maximum Gasteiger partial charge on any atom is 0.239 e. The van der Waals surface area contributed by atoms with Gasteiger partial charge in [0.15, 0.2) is 0 Å². The van der Waals surface area contributed by atoms with Crippen LogP contribution in [0.5, 0.6) is 0 Å². The fourth-order valence-electron chi connectivity index (χ4n) is 2.33. The maximum atomic E-state index is 11.9. The van der Waals surface area contributed by atoms with Crippen molar-refractivity contribution in [2.45, 2.75) is 58.0 Å². The van der Waals surface area contributed by atoms with Crippen molar-refractivity contribution in [3.05, 3.63) is 35.9 Å². The zero-order valence-corrected chi connectivity index (χ0v) is 14.4. The topological polar surface area (TPSA) is 101 Å². The number of amides is 3. The van der Waals surface area contributed by atoms with Gasteiger partial charge in [-0.15, -0.1) is 0 Å². The maximum absolute atomic E-state index is 11.9. The lowest BCUT2D eigenvalue weighted by Crippen LogP contribution is -2.44. The van der Waals surface area contributed by atoms with Gasteiger partial charge in [0.05, 0.1) is 6.04 Å². The van der Waals surface area contributed by atoms with Gasteiger partial charge in [-0.05, 0) is 18.9 Å². The van der Waals surface area contributed by atoms with Gasteiger partial charge in [-0.1, -0.05) is 50.1 Å². The number of nitrogens with two attached hydrogens (primary N) is 1. The average Bonchev–Trinajstić information content (AvgIpc) is 2.57. The summed E-state index contributed by atoms with van der Waals surface area (Å²) in [6.45, 7) is 3.89. The minimum absolute atomic E-state index is 0.0310. The molecule has 0 unspecified atom stereocenters. The minimum Gasteiger partial charge on any atom is -0.368 e. The third kappa shape index (κ3) is 7.26. The molecule has 1 aromatic carbocycles. The van der Waals surface area contributed by atoms with Crippen LogP contribution in [0.4, 0.5) is 0 Å². The summed E-state index contributed by atoms with van der Waals surface area (Å²) in [7, 11) is 0. The molecule has 0 saturated carbocycles. The van der Waals surface area contributed by atoms with E-state index >= 15 is 0 Å². The molecule has 132 valence electrons. The van der Waals surface area contributed by atoms with Crippen LogP contribution in [0.3, 0.4) is 0 Å². The van der Waals surface area contributed by atoms with Crippen LogP contribution in [0.25, 0.3) is 0 Å². The van der Waals surface area contributed by atoms with E-state index in [-0.39, 0.29) is 30.7 Å². The van der Waals surface area contributed by atoms with Gasteiger partial charge in [0.1, 0.15) is 6.04 Å². The number of carbonyl (C=O) groups excluding carboxylic acids is 3. The zero-order chi connectivity index (χ0) is 17.9. The van der Waals surface area contributed by atoms with Crippen LogP contribution in [-0.4, -0.2) is 23.8 Å². The number of hydrogen-bond donors (Lipinski definition) is 3. The van der Waals surface area contributed by atoms with Gasteiger partial charge in [-0.3, -0.25) is 14.4 Å². The van der Waals surface area contributed by atoms with E-state index in [1.807, 2.05) is 44.2 Å². The summed E-state index contributed by atoms with van der Waals surface area (Å²) >= 11 is 0. The molecule has 0 aliphatic rings. The SMILES string of the molecule is CCCC[C@H](NC(=O)CCC(=O)N[C@H](C)c1ccccc1)C(N)=O. The molecule has 4 N–H and O–H groups in total. The predicted octanol–water partition coefficient (Wildman–Crippen LogP) is 1.80. The third-order valence-corrected chi connectivity index (χ3v) is 3.78. The van der Waals surface area contributed by atoms with Crippen molar-refractivity contribution >= 4 is 17.7 Å². The molecule has 0 fully saturated rings. The van der Waals surface area contributed by atoms with Gasteiger partial charge in [-0.25, -0.2) is 0 Å². The predicted molar refractivity (Wildman–Crippen MR) is 92.9 cm³/mol. The quantitative estimate of drug-likeness (QED) is 0.608. The summed E-state index contributed by atoms with van der Waals surface area (Å²) in [5, 5.41) is 5.45. The van der Waals surface area contributed by atoms with Crippen molar-refractivity contribution in [1.82, 2.24) is 10.6 Å². The molecule has 24 heavy (non-hydrogen) atoms. The van der Waals surface area contributed by atoms with Crippen molar-refractivity contribution in [1.29, 1.82) is 0 Å². The minimum atomic E-state index is -0.663. The second-order valence-corrected chi connectivity index (χ2v) is 5.86. The van der Waals surface area contributed by atoms with Gasteiger partial charge < -0.3 is 16.4 Å². The third-order valence-electron chi connectivity index (χ3n) is 3.78. The highest BCUT2D eigenvalue weighted by Crippen LogP contribution is 2.11. The number of carbonyl (C=O) groups is 3. The molecule has 0 radical (unpaired) electrons. The van der Waals surface area contributed by atoms with E-state index in [0.29, 0.717) is 6.42 Å². The van der Waals surface area contributed by atoms with Gasteiger partial charge in [0.25, 0.3) is 0 Å². The highest BCUT2D eigenvalue weighted by molar-refractivity contribution is 5.88. The highest BCUT2D eigenvalue weighted by Gasteiger charge is 2.18. The monoisotopic (exact) mass is 333 g/mol. The molecule has 0 spiro atoms. The molecular weight excluding hydrogens is 306 g/mol. The molecule has 6 nitrogen and oxygen atoms in total. The average molecular weight is 333 g/mol. The van der Waals surface area contributed by atoms with E-state index in [9.17, 15) is 14.4 Å². The standard InChI is InChI=1S/C18H27N3O3/c1-3-4-10-15(18(19)24)21-17(23)12-11-16(22)20-13(2)14-8-6-5-7-9-14/h5-9,13,15H,3-4,10-12H2,1-2H3,(H2,19,24)(H,20,22)(H,21,23)/t13-,15+/m1/s1. The first-order valence-corrected chi connectivity index (χ1v) is 8.37. The largest absolute Gasteiger partial charge is 0.368 e. The lowest BCUT2D eigenvalue weighted by atomic mass is 10.1. The van der Waals surface area contributed by atoms with Crippen LogP contribution in [0.1, 0.15) is 57.6 Å². The first kappa shape index (κ1) is 19.7. The first-order valence-electron chi connectivity index (χ1n) is 8.37. The summed E-state index contributed by atoms with van der Waals surface area (Å²) in [4.78, 5) is 35.1. The Labute approximate surface area is 143 Å². The van der Waals surface area contributed by atoms with E-state index in [1.54, 1.807) is 0 Å². The summed E-state index contributed by atoms with van der Waals surface area (Å²) in [5.74, 6) is -1.08. The Morgan fingerprint density at radius 1 is 1.04 bits per heavy atom. The Bertz CT molecular complexity index is 546. The Kier molecular flexibility index (Phi) is 8.54. The van der Waals surface area contributed by atoms with Crippen molar-refractivity contribution in [2.75, 3.05) is 0 Å². The van der Waals surface area contributed by atoms with E-state index < -0.39 is 11.9 Å². The Morgan fingerprint density at radius 2 is 1.62 bits per heavy atom.